The second-order valence-corrected chi connectivity index (χ2v) is 5.46. The summed E-state index contributed by atoms with van der Waals surface area (Å²) < 4.78 is 0. The fourth-order valence-electron chi connectivity index (χ4n) is 1.70. The Bertz CT molecular complexity index is 368. The number of nitrogens with two attached hydrogens (primary N) is 1. The van der Waals surface area contributed by atoms with Gasteiger partial charge in [0, 0.05) is 6.04 Å². The minimum Gasteiger partial charge on any atom is -0.370 e. The number of guanidine groups is 1. The Labute approximate surface area is 107 Å². The normalized spacial score (nSPS) is 18.4. The molecule has 4 nitrogen and oxygen atoms in total. The molecule has 0 spiro atoms. The maximum absolute atomic E-state index is 5.84. The van der Waals surface area contributed by atoms with E-state index in [2.05, 4.69) is 46.1 Å². The van der Waals surface area contributed by atoms with Crippen molar-refractivity contribution in [3.8, 4) is 0 Å². The Kier molecular flexibility index (Phi) is 4.02. The van der Waals surface area contributed by atoms with Crippen LogP contribution in [0, 0.1) is 0 Å². The van der Waals surface area contributed by atoms with E-state index in [9.17, 15) is 0 Å². The van der Waals surface area contributed by atoms with Crippen molar-refractivity contribution in [1.29, 1.82) is 0 Å². The molecule has 0 amide bonds. The molecule has 3 N–H and O–H groups in total. The van der Waals surface area contributed by atoms with Crippen LogP contribution in [0.2, 0.25) is 0 Å². The van der Waals surface area contributed by atoms with Crippen molar-refractivity contribution in [2.24, 2.45) is 10.7 Å². The number of likely N-dealkylation sites (N-methyl/N-ethyl adjacent to an activating group) is 1. The van der Waals surface area contributed by atoms with Gasteiger partial charge in [0.15, 0.2) is 5.96 Å². The third kappa shape index (κ3) is 3.71. The summed E-state index contributed by atoms with van der Waals surface area (Å²) in [5.74, 6) is 0.578. The highest BCUT2D eigenvalue weighted by molar-refractivity contribution is 7.07. The van der Waals surface area contributed by atoms with E-state index in [1.807, 2.05) is 0 Å². The van der Waals surface area contributed by atoms with Crippen LogP contribution in [0.25, 0.3) is 0 Å². The number of hydrogen-bond acceptors (Lipinski definition) is 3. The molecule has 17 heavy (non-hydrogen) atoms. The average molecular weight is 252 g/mol. The van der Waals surface area contributed by atoms with Gasteiger partial charge in [-0.05, 0) is 49.3 Å². The van der Waals surface area contributed by atoms with Crippen LogP contribution in [0.4, 0.5) is 0 Å². The first-order valence-electron chi connectivity index (χ1n) is 5.92. The minimum absolute atomic E-state index is 0.306. The highest BCUT2D eigenvalue weighted by atomic mass is 32.1. The summed E-state index contributed by atoms with van der Waals surface area (Å²) >= 11 is 1.72. The van der Waals surface area contributed by atoms with Gasteiger partial charge in [-0.3, -0.25) is 4.99 Å². The molecular weight excluding hydrogens is 232 g/mol. The molecule has 1 aromatic rings. The van der Waals surface area contributed by atoms with Crippen molar-refractivity contribution in [2.75, 3.05) is 20.6 Å². The lowest BCUT2D eigenvalue weighted by Gasteiger charge is -2.22. The van der Waals surface area contributed by atoms with Gasteiger partial charge in [-0.25, -0.2) is 0 Å². The van der Waals surface area contributed by atoms with Crippen molar-refractivity contribution in [3.63, 3.8) is 0 Å². The Hall–Kier alpha value is -1.07. The fourth-order valence-corrected chi connectivity index (χ4v) is 2.41. The summed E-state index contributed by atoms with van der Waals surface area (Å²) in [5.41, 5.74) is 7.15. The Morgan fingerprint density at radius 3 is 2.94 bits per heavy atom. The van der Waals surface area contributed by atoms with Crippen LogP contribution < -0.4 is 11.1 Å². The molecule has 1 unspecified atom stereocenters. The molecule has 0 aromatic carbocycles. The smallest absolute Gasteiger partial charge is 0.188 e. The number of nitrogens with zero attached hydrogens (tertiary/aromatic N) is 2. The van der Waals surface area contributed by atoms with Crippen molar-refractivity contribution in [2.45, 2.75) is 24.9 Å². The third-order valence-electron chi connectivity index (χ3n) is 2.92. The molecule has 94 valence electrons. The van der Waals surface area contributed by atoms with Crippen LogP contribution in [0.3, 0.4) is 0 Å². The van der Waals surface area contributed by atoms with Gasteiger partial charge in [-0.1, -0.05) is 0 Å². The van der Waals surface area contributed by atoms with Crippen LogP contribution in [0.1, 0.15) is 24.4 Å². The van der Waals surface area contributed by atoms with Gasteiger partial charge in [0.1, 0.15) is 0 Å². The second-order valence-electron chi connectivity index (χ2n) is 4.68. The summed E-state index contributed by atoms with van der Waals surface area (Å²) in [6, 6.07) is 3.02. The summed E-state index contributed by atoms with van der Waals surface area (Å²) in [5, 5.41) is 7.48. The predicted octanol–water partition coefficient (Wildman–Crippen LogP) is 1.42. The zero-order valence-corrected chi connectivity index (χ0v) is 11.2. The summed E-state index contributed by atoms with van der Waals surface area (Å²) in [6.07, 6.45) is 2.44. The molecular formula is C12H20N4S. The van der Waals surface area contributed by atoms with Crippen molar-refractivity contribution in [3.05, 3.63) is 22.4 Å². The minimum atomic E-state index is 0.306. The summed E-state index contributed by atoms with van der Waals surface area (Å²) in [7, 11) is 4.14. The maximum atomic E-state index is 5.84. The molecule has 0 bridgehead atoms. The molecule has 1 heterocycles. The standard InChI is InChI=1S/C12H20N4S/c1-16(2)11(9-5-6-17-8-9)7-14-12(13)15-10-3-4-10/h5-6,8,10-11H,3-4,7H2,1-2H3,(H3,13,14,15). The predicted molar refractivity (Wildman–Crippen MR) is 73.4 cm³/mol. The first-order valence-corrected chi connectivity index (χ1v) is 6.86. The van der Waals surface area contributed by atoms with E-state index in [-0.39, 0.29) is 0 Å². The Balaban J connectivity index is 1.93. The first-order chi connectivity index (χ1) is 8.16. The van der Waals surface area contributed by atoms with Gasteiger partial charge in [0.05, 0.1) is 12.6 Å². The topological polar surface area (TPSA) is 53.6 Å². The lowest BCUT2D eigenvalue weighted by atomic mass is 10.1. The van der Waals surface area contributed by atoms with E-state index in [1.54, 1.807) is 11.3 Å². The molecule has 1 atom stereocenters. The first kappa shape index (κ1) is 12.4. The molecule has 2 rings (SSSR count). The molecule has 0 aliphatic heterocycles. The highest BCUT2D eigenvalue weighted by Gasteiger charge is 2.21. The van der Waals surface area contributed by atoms with E-state index < -0.39 is 0 Å². The van der Waals surface area contributed by atoms with Crippen LogP contribution in [0.5, 0.6) is 0 Å². The second kappa shape index (κ2) is 5.51. The van der Waals surface area contributed by atoms with E-state index in [4.69, 9.17) is 5.73 Å². The van der Waals surface area contributed by atoms with Crippen LogP contribution in [-0.2, 0) is 0 Å². The zero-order valence-electron chi connectivity index (χ0n) is 10.4. The summed E-state index contributed by atoms with van der Waals surface area (Å²) in [4.78, 5) is 6.60. The lowest BCUT2D eigenvalue weighted by molar-refractivity contribution is 0.307. The van der Waals surface area contributed by atoms with E-state index in [1.165, 1.54) is 18.4 Å². The largest absolute Gasteiger partial charge is 0.370 e. The molecule has 1 aliphatic carbocycles. The van der Waals surface area contributed by atoms with Crippen molar-refractivity contribution in [1.82, 2.24) is 10.2 Å². The van der Waals surface area contributed by atoms with Gasteiger partial charge < -0.3 is 16.0 Å². The molecule has 0 radical (unpaired) electrons. The van der Waals surface area contributed by atoms with Crippen LogP contribution in [0.15, 0.2) is 21.8 Å². The molecule has 5 heteroatoms. The van der Waals surface area contributed by atoms with Crippen molar-refractivity contribution < 1.29 is 0 Å². The molecule has 1 aromatic heterocycles. The van der Waals surface area contributed by atoms with Gasteiger partial charge in [-0.15, -0.1) is 0 Å². The monoisotopic (exact) mass is 252 g/mol. The molecule has 1 saturated carbocycles. The molecule has 1 aliphatic rings. The Morgan fingerprint density at radius 2 is 2.41 bits per heavy atom. The number of rotatable bonds is 5. The quantitative estimate of drug-likeness (QED) is 0.615. The van der Waals surface area contributed by atoms with E-state index in [0.29, 0.717) is 24.6 Å². The fraction of sp³-hybridized carbons (Fsp3) is 0.583. The van der Waals surface area contributed by atoms with E-state index in [0.717, 1.165) is 0 Å². The van der Waals surface area contributed by atoms with Gasteiger partial charge in [0.25, 0.3) is 0 Å². The third-order valence-corrected chi connectivity index (χ3v) is 3.62. The molecule has 1 fully saturated rings. The zero-order chi connectivity index (χ0) is 12.3. The molecule has 0 saturated heterocycles. The maximum Gasteiger partial charge on any atom is 0.188 e. The highest BCUT2D eigenvalue weighted by Crippen LogP contribution is 2.21. The number of aliphatic imine (C=N–C) groups is 1. The van der Waals surface area contributed by atoms with E-state index >= 15 is 0 Å². The SMILES string of the molecule is CN(C)C(CN=C(N)NC1CC1)c1ccsc1. The van der Waals surface area contributed by atoms with Gasteiger partial charge in [-0.2, -0.15) is 11.3 Å². The number of thiophene rings is 1. The van der Waals surface area contributed by atoms with Gasteiger partial charge >= 0.3 is 0 Å². The Morgan fingerprint density at radius 1 is 1.65 bits per heavy atom. The average Bonchev–Trinajstić information content (AvgIpc) is 2.92. The van der Waals surface area contributed by atoms with Crippen LogP contribution in [-0.4, -0.2) is 37.5 Å². The summed E-state index contributed by atoms with van der Waals surface area (Å²) in [6.45, 7) is 0.704. The number of nitrogens with one attached hydrogen (secondary N) is 1. The lowest BCUT2D eigenvalue weighted by Crippen LogP contribution is -2.34. The van der Waals surface area contributed by atoms with Crippen molar-refractivity contribution >= 4 is 17.3 Å². The van der Waals surface area contributed by atoms with Gasteiger partial charge in [0.2, 0.25) is 0 Å². The van der Waals surface area contributed by atoms with Crippen LogP contribution >= 0.6 is 11.3 Å². The number of hydrogen-bond donors (Lipinski definition) is 2.